The minimum atomic E-state index is -0.224. The van der Waals surface area contributed by atoms with Crippen LogP contribution in [0.3, 0.4) is 0 Å². The molecule has 1 aromatic heterocycles. The Balaban J connectivity index is 1.42. The van der Waals surface area contributed by atoms with Gasteiger partial charge in [0.05, 0.1) is 19.1 Å². The van der Waals surface area contributed by atoms with E-state index in [-0.39, 0.29) is 11.7 Å². The van der Waals surface area contributed by atoms with Crippen molar-refractivity contribution >= 4 is 34.7 Å². The van der Waals surface area contributed by atoms with Crippen molar-refractivity contribution in [3.05, 3.63) is 71.8 Å². The summed E-state index contributed by atoms with van der Waals surface area (Å²) in [5.41, 5.74) is 5.60. The number of fused-ring (bicyclic) bond motifs is 1. The molecule has 33 heavy (non-hydrogen) atoms. The SMILES string of the molecule is CCn1c(SCC(=O)N/N=C\c2c(OC)ccc3ccccc23)nnc1-c1ccc(C)cc1. The number of carbonyl (C=O) groups is 1. The van der Waals surface area contributed by atoms with Crippen molar-refractivity contribution in [3.8, 4) is 17.1 Å². The minimum Gasteiger partial charge on any atom is -0.496 e. The van der Waals surface area contributed by atoms with Crippen LogP contribution in [0, 0.1) is 6.92 Å². The van der Waals surface area contributed by atoms with E-state index in [2.05, 4.69) is 20.7 Å². The molecule has 0 spiro atoms. The number of aryl methyl sites for hydroxylation is 1. The number of rotatable bonds is 8. The van der Waals surface area contributed by atoms with Crippen molar-refractivity contribution in [3.63, 3.8) is 0 Å². The lowest BCUT2D eigenvalue weighted by atomic mass is 10.0. The molecule has 0 unspecified atom stereocenters. The highest BCUT2D eigenvalue weighted by Gasteiger charge is 2.14. The number of thioether (sulfide) groups is 1. The molecule has 1 N–H and O–H groups in total. The molecule has 0 fully saturated rings. The van der Waals surface area contributed by atoms with Crippen molar-refractivity contribution < 1.29 is 9.53 Å². The van der Waals surface area contributed by atoms with Crippen molar-refractivity contribution in [2.45, 2.75) is 25.5 Å². The van der Waals surface area contributed by atoms with Gasteiger partial charge in [-0.1, -0.05) is 71.9 Å². The Kier molecular flexibility index (Phi) is 7.04. The van der Waals surface area contributed by atoms with Gasteiger partial charge in [-0.15, -0.1) is 10.2 Å². The molecular formula is C25H25N5O2S. The van der Waals surface area contributed by atoms with Crippen LogP contribution in [0.1, 0.15) is 18.1 Å². The summed E-state index contributed by atoms with van der Waals surface area (Å²) in [6, 6.07) is 20.0. The Labute approximate surface area is 196 Å². The molecule has 7 nitrogen and oxygen atoms in total. The first-order valence-electron chi connectivity index (χ1n) is 10.6. The zero-order valence-corrected chi connectivity index (χ0v) is 19.6. The van der Waals surface area contributed by atoms with E-state index < -0.39 is 0 Å². The maximum atomic E-state index is 12.4. The number of nitrogens with one attached hydrogen (secondary N) is 1. The molecule has 1 heterocycles. The summed E-state index contributed by atoms with van der Waals surface area (Å²) in [5.74, 6) is 1.44. The van der Waals surface area contributed by atoms with Crippen molar-refractivity contribution in [2.75, 3.05) is 12.9 Å². The second-order valence-corrected chi connectivity index (χ2v) is 8.34. The van der Waals surface area contributed by atoms with Gasteiger partial charge in [0.15, 0.2) is 11.0 Å². The molecule has 0 radical (unpaired) electrons. The number of hydrogen-bond donors (Lipinski definition) is 1. The number of hydrogen-bond acceptors (Lipinski definition) is 6. The summed E-state index contributed by atoms with van der Waals surface area (Å²) in [6.45, 7) is 4.79. The van der Waals surface area contributed by atoms with Gasteiger partial charge in [-0.3, -0.25) is 4.79 Å². The fraction of sp³-hybridized carbons (Fsp3) is 0.200. The number of methoxy groups -OCH3 is 1. The minimum absolute atomic E-state index is 0.177. The third-order valence-electron chi connectivity index (χ3n) is 5.21. The molecule has 0 aliphatic rings. The maximum Gasteiger partial charge on any atom is 0.250 e. The van der Waals surface area contributed by atoms with Crippen LogP contribution in [0.2, 0.25) is 0 Å². The van der Waals surface area contributed by atoms with Crippen molar-refractivity contribution in [1.29, 1.82) is 0 Å². The zero-order chi connectivity index (χ0) is 23.2. The molecule has 8 heteroatoms. The quantitative estimate of drug-likeness (QED) is 0.235. The molecular weight excluding hydrogens is 434 g/mol. The van der Waals surface area contributed by atoms with Gasteiger partial charge in [-0.05, 0) is 30.7 Å². The first kappa shape index (κ1) is 22.5. The monoisotopic (exact) mass is 459 g/mol. The van der Waals surface area contributed by atoms with Gasteiger partial charge in [-0.25, -0.2) is 5.43 Å². The van der Waals surface area contributed by atoms with Gasteiger partial charge >= 0.3 is 0 Å². The van der Waals surface area contributed by atoms with E-state index >= 15 is 0 Å². The van der Waals surface area contributed by atoms with Gasteiger partial charge in [0.25, 0.3) is 5.91 Å². The lowest BCUT2D eigenvalue weighted by Gasteiger charge is -2.08. The first-order chi connectivity index (χ1) is 16.1. The number of amides is 1. The lowest BCUT2D eigenvalue weighted by molar-refractivity contribution is -0.118. The average Bonchev–Trinajstić information content (AvgIpc) is 3.26. The third kappa shape index (κ3) is 5.06. The van der Waals surface area contributed by atoms with Gasteiger partial charge < -0.3 is 9.30 Å². The summed E-state index contributed by atoms with van der Waals surface area (Å²) < 4.78 is 7.47. The molecule has 0 atom stereocenters. The summed E-state index contributed by atoms with van der Waals surface area (Å²) in [4.78, 5) is 12.4. The summed E-state index contributed by atoms with van der Waals surface area (Å²) in [6.07, 6.45) is 1.62. The fourth-order valence-electron chi connectivity index (χ4n) is 3.51. The topological polar surface area (TPSA) is 81.4 Å². The summed E-state index contributed by atoms with van der Waals surface area (Å²) in [7, 11) is 1.62. The van der Waals surface area contributed by atoms with Crippen LogP contribution in [-0.4, -0.2) is 39.7 Å². The average molecular weight is 460 g/mol. The summed E-state index contributed by atoms with van der Waals surface area (Å²) >= 11 is 1.33. The molecule has 4 aromatic rings. The van der Waals surface area contributed by atoms with E-state index in [1.807, 2.05) is 79.1 Å². The number of aromatic nitrogens is 3. The largest absolute Gasteiger partial charge is 0.496 e. The lowest BCUT2D eigenvalue weighted by Crippen LogP contribution is -2.20. The Morgan fingerprint density at radius 1 is 1.12 bits per heavy atom. The highest BCUT2D eigenvalue weighted by atomic mass is 32.2. The van der Waals surface area contributed by atoms with E-state index in [9.17, 15) is 4.79 Å². The third-order valence-corrected chi connectivity index (χ3v) is 6.18. The Hall–Kier alpha value is -3.65. The van der Waals surface area contributed by atoms with Gasteiger partial charge in [0, 0.05) is 17.7 Å². The molecule has 0 saturated carbocycles. The van der Waals surface area contributed by atoms with E-state index in [1.165, 1.54) is 17.3 Å². The van der Waals surface area contributed by atoms with E-state index in [0.29, 0.717) is 17.5 Å². The van der Waals surface area contributed by atoms with E-state index in [1.54, 1.807) is 13.3 Å². The standard InChI is InChI=1S/C25H25N5O2S/c1-4-30-24(19-11-9-17(2)10-12-19)28-29-25(30)33-16-23(31)27-26-15-21-20-8-6-5-7-18(20)13-14-22(21)32-3/h5-15H,4,16H2,1-3H3,(H,27,31)/b26-15-. The first-order valence-corrected chi connectivity index (χ1v) is 11.6. The van der Waals surface area contributed by atoms with Crippen LogP contribution >= 0.6 is 11.8 Å². The molecule has 4 rings (SSSR count). The molecule has 0 saturated heterocycles. The predicted octanol–water partition coefficient (Wildman–Crippen LogP) is 4.68. The number of carbonyl (C=O) groups excluding carboxylic acids is 1. The number of benzene rings is 3. The van der Waals surface area contributed by atoms with E-state index in [4.69, 9.17) is 4.74 Å². The zero-order valence-electron chi connectivity index (χ0n) is 18.8. The van der Waals surface area contributed by atoms with Crippen molar-refractivity contribution in [1.82, 2.24) is 20.2 Å². The molecule has 168 valence electrons. The molecule has 1 amide bonds. The van der Waals surface area contributed by atoms with Gasteiger partial charge in [-0.2, -0.15) is 5.10 Å². The van der Waals surface area contributed by atoms with Crippen LogP contribution in [0.4, 0.5) is 0 Å². The molecule has 3 aromatic carbocycles. The van der Waals surface area contributed by atoms with Crippen LogP contribution in [0.5, 0.6) is 5.75 Å². The second kappa shape index (κ2) is 10.3. The predicted molar refractivity (Wildman–Crippen MR) is 133 cm³/mol. The Morgan fingerprint density at radius 3 is 2.67 bits per heavy atom. The number of hydrazone groups is 1. The van der Waals surface area contributed by atoms with E-state index in [0.717, 1.165) is 27.7 Å². The summed E-state index contributed by atoms with van der Waals surface area (Å²) in [5, 5.41) is 15.5. The van der Waals surface area contributed by atoms with Crippen LogP contribution in [-0.2, 0) is 11.3 Å². The number of ether oxygens (including phenoxy) is 1. The molecule has 0 bridgehead atoms. The molecule has 0 aliphatic heterocycles. The fourth-order valence-corrected chi connectivity index (χ4v) is 4.31. The van der Waals surface area contributed by atoms with Crippen LogP contribution in [0.15, 0.2) is 70.9 Å². The van der Waals surface area contributed by atoms with Gasteiger partial charge in [0.1, 0.15) is 5.75 Å². The van der Waals surface area contributed by atoms with Crippen LogP contribution in [0.25, 0.3) is 22.2 Å². The highest BCUT2D eigenvalue weighted by molar-refractivity contribution is 7.99. The highest BCUT2D eigenvalue weighted by Crippen LogP contribution is 2.26. The smallest absolute Gasteiger partial charge is 0.250 e. The van der Waals surface area contributed by atoms with Gasteiger partial charge in [0.2, 0.25) is 0 Å². The maximum absolute atomic E-state index is 12.4. The Morgan fingerprint density at radius 2 is 1.91 bits per heavy atom. The molecule has 0 aliphatic carbocycles. The van der Waals surface area contributed by atoms with Crippen LogP contribution < -0.4 is 10.2 Å². The van der Waals surface area contributed by atoms with Crippen molar-refractivity contribution in [2.24, 2.45) is 5.10 Å². The Bertz CT molecular complexity index is 1300. The second-order valence-electron chi connectivity index (χ2n) is 7.40. The number of nitrogens with zero attached hydrogens (tertiary/aromatic N) is 4. The normalized spacial score (nSPS) is 11.2.